The first-order chi connectivity index (χ1) is 18.7. The molecule has 0 fully saturated rings. The zero-order chi connectivity index (χ0) is 28.9. The van der Waals surface area contributed by atoms with Crippen LogP contribution in [0.1, 0.15) is 84.9 Å². The fourth-order valence-corrected chi connectivity index (χ4v) is 6.25. The standard InChI is InChI=1S/C31H35N3O5S/c1-19-15-25-26(31(5,6)14-13-30(25,3)4)18-21(19)17-23-9-12-27(38-23)29(35)32-22-7-10-24(11-8-22)40(36,37)34-28-16-20(2)39-33-28/h7-12,15-16,18H,13-14,17H2,1-6H3,(H,32,35)(H,33,34). The van der Waals surface area contributed by atoms with E-state index in [0.717, 1.165) is 6.42 Å². The topological polar surface area (TPSA) is 114 Å². The van der Waals surface area contributed by atoms with Gasteiger partial charge in [0.05, 0.1) is 4.90 Å². The lowest BCUT2D eigenvalue weighted by Crippen LogP contribution is -2.34. The summed E-state index contributed by atoms with van der Waals surface area (Å²) >= 11 is 0. The average molecular weight is 562 g/mol. The summed E-state index contributed by atoms with van der Waals surface area (Å²) < 4.78 is 38.4. The van der Waals surface area contributed by atoms with Gasteiger partial charge in [-0.05, 0) is 96.2 Å². The van der Waals surface area contributed by atoms with Crippen molar-refractivity contribution in [1.82, 2.24) is 5.16 Å². The van der Waals surface area contributed by atoms with E-state index in [9.17, 15) is 13.2 Å². The highest BCUT2D eigenvalue weighted by atomic mass is 32.2. The second-order valence-corrected chi connectivity index (χ2v) is 13.6. The van der Waals surface area contributed by atoms with Gasteiger partial charge in [-0.2, -0.15) is 0 Å². The van der Waals surface area contributed by atoms with E-state index >= 15 is 0 Å². The lowest BCUT2D eigenvalue weighted by atomic mass is 9.62. The van der Waals surface area contributed by atoms with E-state index in [1.54, 1.807) is 13.0 Å². The Morgan fingerprint density at radius 1 is 0.925 bits per heavy atom. The molecule has 2 heterocycles. The molecule has 8 nitrogen and oxygen atoms in total. The lowest BCUT2D eigenvalue weighted by molar-refractivity contribution is 0.0995. The molecule has 210 valence electrons. The van der Waals surface area contributed by atoms with Gasteiger partial charge in [-0.1, -0.05) is 45.0 Å². The van der Waals surface area contributed by atoms with Crippen LogP contribution in [0.3, 0.4) is 0 Å². The zero-order valence-electron chi connectivity index (χ0n) is 23.7. The quantitative estimate of drug-likeness (QED) is 0.254. The van der Waals surface area contributed by atoms with E-state index in [4.69, 9.17) is 8.94 Å². The first kappa shape index (κ1) is 27.7. The number of hydrogen-bond acceptors (Lipinski definition) is 6. The zero-order valence-corrected chi connectivity index (χ0v) is 24.5. The number of carbonyl (C=O) groups is 1. The molecule has 5 rings (SSSR count). The summed E-state index contributed by atoms with van der Waals surface area (Å²) in [7, 11) is -3.85. The first-order valence-electron chi connectivity index (χ1n) is 13.3. The van der Waals surface area contributed by atoms with Crippen LogP contribution in [0.5, 0.6) is 0 Å². The minimum Gasteiger partial charge on any atom is -0.456 e. The highest BCUT2D eigenvalue weighted by molar-refractivity contribution is 7.92. The molecule has 0 aliphatic heterocycles. The number of furan rings is 1. The Labute approximate surface area is 235 Å². The van der Waals surface area contributed by atoms with Gasteiger partial charge in [0.1, 0.15) is 11.5 Å². The molecule has 4 aromatic rings. The third kappa shape index (κ3) is 5.56. The fraction of sp³-hybridized carbons (Fsp3) is 0.355. The van der Waals surface area contributed by atoms with Crippen LogP contribution in [0.15, 0.2) is 68.4 Å². The van der Waals surface area contributed by atoms with E-state index in [0.29, 0.717) is 23.6 Å². The molecule has 2 aromatic carbocycles. The Hall–Kier alpha value is -3.85. The number of rotatable bonds is 7. The van der Waals surface area contributed by atoms with Crippen molar-refractivity contribution in [3.8, 4) is 0 Å². The van der Waals surface area contributed by atoms with Crippen molar-refractivity contribution in [3.05, 3.63) is 94.1 Å². The minimum absolute atomic E-state index is 0.0263. The van der Waals surface area contributed by atoms with Crippen LogP contribution < -0.4 is 10.0 Å². The number of carbonyl (C=O) groups excluding carboxylic acids is 1. The summed E-state index contributed by atoms with van der Waals surface area (Å²) in [5.41, 5.74) is 5.93. The van der Waals surface area contributed by atoms with Crippen molar-refractivity contribution in [1.29, 1.82) is 0 Å². The van der Waals surface area contributed by atoms with Gasteiger partial charge in [-0.25, -0.2) is 8.42 Å². The second kappa shape index (κ2) is 9.96. The minimum atomic E-state index is -3.85. The number of nitrogens with one attached hydrogen (secondary N) is 2. The number of anilines is 2. The number of benzene rings is 2. The Morgan fingerprint density at radius 2 is 1.57 bits per heavy atom. The SMILES string of the molecule is Cc1cc(NS(=O)(=O)c2ccc(NC(=O)c3ccc(Cc4cc5c(cc4C)C(C)(C)CCC5(C)C)o3)cc2)no1. The van der Waals surface area contributed by atoms with Gasteiger partial charge in [-0.15, -0.1) is 0 Å². The number of aromatic nitrogens is 1. The molecule has 0 spiro atoms. The van der Waals surface area contributed by atoms with Crippen molar-refractivity contribution < 1.29 is 22.2 Å². The Bertz CT molecular complexity index is 1680. The van der Waals surface area contributed by atoms with E-state index < -0.39 is 15.9 Å². The molecule has 9 heteroatoms. The van der Waals surface area contributed by atoms with Crippen LogP contribution in [-0.2, 0) is 27.3 Å². The third-order valence-corrected chi connectivity index (χ3v) is 9.22. The molecule has 0 unspecified atom stereocenters. The van der Waals surface area contributed by atoms with Gasteiger partial charge in [0.15, 0.2) is 11.6 Å². The molecule has 0 atom stereocenters. The molecule has 1 aliphatic rings. The number of nitrogens with zero attached hydrogens (tertiary/aromatic N) is 1. The summed E-state index contributed by atoms with van der Waals surface area (Å²) in [5.74, 6) is 1.07. The predicted octanol–water partition coefficient (Wildman–Crippen LogP) is 6.88. The molecule has 0 saturated heterocycles. The van der Waals surface area contributed by atoms with Crippen LogP contribution >= 0.6 is 0 Å². The van der Waals surface area contributed by atoms with Crippen LogP contribution in [0.4, 0.5) is 11.5 Å². The molecule has 40 heavy (non-hydrogen) atoms. The molecule has 0 bridgehead atoms. The van der Waals surface area contributed by atoms with Crippen molar-refractivity contribution in [2.75, 3.05) is 10.0 Å². The highest BCUT2D eigenvalue weighted by Crippen LogP contribution is 2.46. The van der Waals surface area contributed by atoms with E-state index in [-0.39, 0.29) is 27.3 Å². The van der Waals surface area contributed by atoms with E-state index in [2.05, 4.69) is 61.9 Å². The van der Waals surface area contributed by atoms with Crippen LogP contribution in [0.2, 0.25) is 0 Å². The summed E-state index contributed by atoms with van der Waals surface area (Å²) in [6, 6.07) is 15.5. The summed E-state index contributed by atoms with van der Waals surface area (Å²) in [4.78, 5) is 12.9. The molecular formula is C31H35N3O5S. The average Bonchev–Trinajstić information content (AvgIpc) is 3.52. The lowest BCUT2D eigenvalue weighted by Gasteiger charge is -2.42. The van der Waals surface area contributed by atoms with Crippen LogP contribution in [0, 0.1) is 13.8 Å². The van der Waals surface area contributed by atoms with Crippen molar-refractivity contribution in [3.63, 3.8) is 0 Å². The summed E-state index contributed by atoms with van der Waals surface area (Å²) in [6.45, 7) is 13.1. The maximum Gasteiger partial charge on any atom is 0.291 e. The Morgan fingerprint density at radius 3 is 2.20 bits per heavy atom. The Kier molecular flexibility index (Phi) is 6.90. The number of fused-ring (bicyclic) bond motifs is 1. The number of aryl methyl sites for hydroxylation is 2. The van der Waals surface area contributed by atoms with Gasteiger partial charge >= 0.3 is 0 Å². The van der Waals surface area contributed by atoms with Crippen LogP contribution in [0.25, 0.3) is 0 Å². The van der Waals surface area contributed by atoms with E-state index in [1.165, 1.54) is 59.0 Å². The Balaban J connectivity index is 1.27. The molecule has 0 radical (unpaired) electrons. The summed E-state index contributed by atoms with van der Waals surface area (Å²) in [6.07, 6.45) is 2.90. The maximum absolute atomic E-state index is 12.9. The monoisotopic (exact) mass is 561 g/mol. The van der Waals surface area contributed by atoms with Gasteiger partial charge in [0, 0.05) is 18.2 Å². The van der Waals surface area contributed by atoms with Crippen molar-refractivity contribution in [2.24, 2.45) is 0 Å². The van der Waals surface area contributed by atoms with Crippen molar-refractivity contribution >= 4 is 27.4 Å². The predicted molar refractivity (Wildman–Crippen MR) is 154 cm³/mol. The first-order valence-corrected chi connectivity index (χ1v) is 14.8. The van der Waals surface area contributed by atoms with Gasteiger partial charge < -0.3 is 14.3 Å². The molecule has 1 aliphatic carbocycles. The van der Waals surface area contributed by atoms with E-state index in [1.807, 2.05) is 6.07 Å². The number of sulfonamides is 1. The molecule has 1 amide bonds. The molecule has 0 saturated carbocycles. The third-order valence-electron chi connectivity index (χ3n) is 7.85. The number of amides is 1. The van der Waals surface area contributed by atoms with Gasteiger partial charge in [-0.3, -0.25) is 9.52 Å². The van der Waals surface area contributed by atoms with Crippen molar-refractivity contribution in [2.45, 2.75) is 76.5 Å². The highest BCUT2D eigenvalue weighted by Gasteiger charge is 2.37. The molecule has 2 aromatic heterocycles. The molecule has 2 N–H and O–H groups in total. The normalized spacial score (nSPS) is 15.8. The van der Waals surface area contributed by atoms with Gasteiger partial charge in [0.25, 0.3) is 15.9 Å². The molecular weight excluding hydrogens is 526 g/mol. The maximum atomic E-state index is 12.9. The smallest absolute Gasteiger partial charge is 0.291 e. The number of hydrogen-bond donors (Lipinski definition) is 2. The van der Waals surface area contributed by atoms with Crippen LogP contribution in [-0.4, -0.2) is 19.5 Å². The van der Waals surface area contributed by atoms with Gasteiger partial charge in [0.2, 0.25) is 0 Å². The largest absolute Gasteiger partial charge is 0.456 e. The second-order valence-electron chi connectivity index (χ2n) is 11.9. The fourth-order valence-electron chi connectivity index (χ4n) is 5.26. The summed E-state index contributed by atoms with van der Waals surface area (Å²) in [5, 5.41) is 6.41.